The van der Waals surface area contributed by atoms with Gasteiger partial charge >= 0.3 is 0 Å². The number of aryl methyl sites for hydroxylation is 1. The molecule has 4 aromatic rings. The third-order valence-electron chi connectivity index (χ3n) is 5.83. The molecule has 0 radical (unpaired) electrons. The van der Waals surface area contributed by atoms with Gasteiger partial charge in [0.05, 0.1) is 18.5 Å². The lowest BCUT2D eigenvalue weighted by Crippen LogP contribution is -2.37. The normalized spacial score (nSPS) is 11.0. The molecule has 0 spiro atoms. The summed E-state index contributed by atoms with van der Waals surface area (Å²) in [4.78, 5) is 28.6. The van der Waals surface area contributed by atoms with Gasteiger partial charge in [-0.2, -0.15) is 5.10 Å². The molecule has 1 aromatic heterocycles. The molecule has 34 heavy (non-hydrogen) atoms. The lowest BCUT2D eigenvalue weighted by molar-refractivity contribution is 0.0687. The Hall–Kier alpha value is -3.77. The smallest absolute Gasteiger partial charge is 0.275 e. The van der Waals surface area contributed by atoms with Crippen LogP contribution in [0.2, 0.25) is 0 Å². The molecule has 0 saturated heterocycles. The standard InChI is InChI=1S/C28H29N3O3/c1-34-20-19-30(18-10-15-22-11-4-2-5-12-22)28(33)26-24-16-8-9-17-25(24)27(32)31(29-26)21-23-13-6-3-7-14-23/h2-9,11-14,16-17H,10,15,18-21H2,1H3. The number of amides is 1. The third-order valence-corrected chi connectivity index (χ3v) is 5.83. The van der Waals surface area contributed by atoms with Crippen molar-refractivity contribution in [2.24, 2.45) is 0 Å². The number of methoxy groups -OCH3 is 1. The van der Waals surface area contributed by atoms with Crippen molar-refractivity contribution < 1.29 is 9.53 Å². The summed E-state index contributed by atoms with van der Waals surface area (Å²) < 4.78 is 6.66. The maximum Gasteiger partial charge on any atom is 0.275 e. The molecular formula is C28H29N3O3. The fraction of sp³-hybridized carbons (Fsp3) is 0.250. The van der Waals surface area contributed by atoms with Crippen molar-refractivity contribution >= 4 is 16.7 Å². The zero-order chi connectivity index (χ0) is 23.8. The van der Waals surface area contributed by atoms with E-state index in [9.17, 15) is 9.59 Å². The predicted molar refractivity (Wildman–Crippen MR) is 134 cm³/mol. The molecule has 0 bridgehead atoms. The highest BCUT2D eigenvalue weighted by molar-refractivity contribution is 6.04. The fourth-order valence-corrected chi connectivity index (χ4v) is 4.04. The molecule has 174 valence electrons. The molecule has 4 rings (SSSR count). The van der Waals surface area contributed by atoms with Gasteiger partial charge in [0.1, 0.15) is 0 Å². The second-order valence-electron chi connectivity index (χ2n) is 8.22. The van der Waals surface area contributed by atoms with Crippen LogP contribution in [-0.4, -0.2) is 47.4 Å². The van der Waals surface area contributed by atoms with Crippen LogP contribution in [-0.2, 0) is 17.7 Å². The summed E-state index contributed by atoms with van der Waals surface area (Å²) in [6.45, 7) is 1.76. The van der Waals surface area contributed by atoms with Crippen molar-refractivity contribution in [2.75, 3.05) is 26.8 Å². The first kappa shape index (κ1) is 23.4. The van der Waals surface area contributed by atoms with Gasteiger partial charge in [0.2, 0.25) is 0 Å². The minimum atomic E-state index is -0.205. The molecule has 1 heterocycles. The zero-order valence-corrected chi connectivity index (χ0v) is 19.4. The number of carbonyl (C=O) groups excluding carboxylic acids is 1. The first-order chi connectivity index (χ1) is 16.7. The van der Waals surface area contributed by atoms with Gasteiger partial charge in [-0.1, -0.05) is 78.9 Å². The van der Waals surface area contributed by atoms with Gasteiger partial charge in [-0.15, -0.1) is 0 Å². The molecule has 3 aromatic carbocycles. The Balaban J connectivity index is 1.65. The first-order valence-electron chi connectivity index (χ1n) is 11.5. The highest BCUT2D eigenvalue weighted by Crippen LogP contribution is 2.17. The van der Waals surface area contributed by atoms with Crippen molar-refractivity contribution in [3.05, 3.63) is 112 Å². The third kappa shape index (κ3) is 5.58. The van der Waals surface area contributed by atoms with E-state index in [0.717, 1.165) is 18.4 Å². The van der Waals surface area contributed by atoms with Crippen LogP contribution in [0.15, 0.2) is 89.7 Å². The number of hydrogen-bond donors (Lipinski definition) is 0. The number of ether oxygens (including phenoxy) is 1. The molecule has 0 unspecified atom stereocenters. The second-order valence-corrected chi connectivity index (χ2v) is 8.22. The van der Waals surface area contributed by atoms with Crippen LogP contribution in [0.3, 0.4) is 0 Å². The molecule has 0 N–H and O–H groups in total. The highest BCUT2D eigenvalue weighted by Gasteiger charge is 2.22. The van der Waals surface area contributed by atoms with Gasteiger partial charge in [-0.3, -0.25) is 9.59 Å². The summed E-state index contributed by atoms with van der Waals surface area (Å²) in [5.41, 5.74) is 2.27. The highest BCUT2D eigenvalue weighted by atomic mass is 16.5. The Kier molecular flexibility index (Phi) is 7.83. The zero-order valence-electron chi connectivity index (χ0n) is 19.4. The van der Waals surface area contributed by atoms with Gasteiger partial charge in [0, 0.05) is 25.6 Å². The van der Waals surface area contributed by atoms with E-state index in [4.69, 9.17) is 4.74 Å². The minimum Gasteiger partial charge on any atom is -0.383 e. The van der Waals surface area contributed by atoms with Gasteiger partial charge in [-0.25, -0.2) is 4.68 Å². The van der Waals surface area contributed by atoms with Crippen molar-refractivity contribution in [1.29, 1.82) is 0 Å². The number of aromatic nitrogens is 2. The average Bonchev–Trinajstić information content (AvgIpc) is 2.88. The van der Waals surface area contributed by atoms with Crippen LogP contribution in [0.4, 0.5) is 0 Å². The van der Waals surface area contributed by atoms with E-state index in [1.807, 2.05) is 60.7 Å². The predicted octanol–water partition coefficient (Wildman–Crippen LogP) is 4.17. The quantitative estimate of drug-likeness (QED) is 0.360. The summed E-state index contributed by atoms with van der Waals surface area (Å²) >= 11 is 0. The Bertz CT molecular complexity index is 1290. The van der Waals surface area contributed by atoms with E-state index in [1.165, 1.54) is 10.2 Å². The number of hydrogen-bond acceptors (Lipinski definition) is 4. The van der Waals surface area contributed by atoms with Crippen LogP contribution in [0.25, 0.3) is 10.8 Å². The van der Waals surface area contributed by atoms with Crippen LogP contribution < -0.4 is 5.56 Å². The average molecular weight is 456 g/mol. The van der Waals surface area contributed by atoms with Crippen molar-refractivity contribution in [3.8, 4) is 0 Å². The summed E-state index contributed by atoms with van der Waals surface area (Å²) in [5, 5.41) is 5.63. The maximum absolute atomic E-state index is 13.7. The Labute approximate surface area is 199 Å². The van der Waals surface area contributed by atoms with E-state index >= 15 is 0 Å². The van der Waals surface area contributed by atoms with Gasteiger partial charge < -0.3 is 9.64 Å². The molecule has 6 heteroatoms. The summed E-state index contributed by atoms with van der Waals surface area (Å²) in [6.07, 6.45) is 1.69. The largest absolute Gasteiger partial charge is 0.383 e. The molecule has 0 atom stereocenters. The van der Waals surface area contributed by atoms with Gasteiger partial charge in [0.15, 0.2) is 5.69 Å². The second kappa shape index (κ2) is 11.4. The van der Waals surface area contributed by atoms with E-state index < -0.39 is 0 Å². The number of fused-ring (bicyclic) bond motifs is 1. The Morgan fingerprint density at radius 3 is 2.15 bits per heavy atom. The monoisotopic (exact) mass is 455 g/mol. The van der Waals surface area contributed by atoms with Crippen LogP contribution >= 0.6 is 0 Å². The molecule has 1 amide bonds. The SMILES string of the molecule is COCCN(CCCc1ccccc1)C(=O)c1nn(Cc2ccccc2)c(=O)c2ccccc12. The van der Waals surface area contributed by atoms with Crippen molar-refractivity contribution in [1.82, 2.24) is 14.7 Å². The fourth-order valence-electron chi connectivity index (χ4n) is 4.04. The minimum absolute atomic E-state index is 0.192. The maximum atomic E-state index is 13.7. The summed E-state index contributed by atoms with van der Waals surface area (Å²) in [7, 11) is 1.63. The summed E-state index contributed by atoms with van der Waals surface area (Å²) in [5.74, 6) is -0.192. The number of nitrogens with zero attached hydrogens (tertiary/aromatic N) is 3. The van der Waals surface area contributed by atoms with E-state index in [-0.39, 0.29) is 11.5 Å². The Morgan fingerprint density at radius 2 is 1.47 bits per heavy atom. The van der Waals surface area contributed by atoms with Crippen LogP contribution in [0, 0.1) is 0 Å². The van der Waals surface area contributed by atoms with Gasteiger partial charge in [-0.05, 0) is 30.0 Å². The molecule has 0 aliphatic heterocycles. The van der Waals surface area contributed by atoms with Crippen molar-refractivity contribution in [3.63, 3.8) is 0 Å². The number of carbonyl (C=O) groups is 1. The molecular weight excluding hydrogens is 426 g/mol. The van der Waals surface area contributed by atoms with E-state index in [0.29, 0.717) is 42.7 Å². The number of rotatable bonds is 10. The van der Waals surface area contributed by atoms with Crippen molar-refractivity contribution in [2.45, 2.75) is 19.4 Å². The lowest BCUT2D eigenvalue weighted by atomic mass is 10.1. The lowest BCUT2D eigenvalue weighted by Gasteiger charge is -2.23. The molecule has 6 nitrogen and oxygen atoms in total. The van der Waals surface area contributed by atoms with Crippen LogP contribution in [0.5, 0.6) is 0 Å². The van der Waals surface area contributed by atoms with Gasteiger partial charge in [0.25, 0.3) is 11.5 Å². The Morgan fingerprint density at radius 1 is 0.853 bits per heavy atom. The topological polar surface area (TPSA) is 64.4 Å². The number of benzene rings is 3. The first-order valence-corrected chi connectivity index (χ1v) is 11.5. The van der Waals surface area contributed by atoms with E-state index in [1.54, 1.807) is 24.1 Å². The van der Waals surface area contributed by atoms with Crippen LogP contribution in [0.1, 0.15) is 28.0 Å². The molecule has 0 fully saturated rings. The molecule has 0 aliphatic carbocycles. The summed E-state index contributed by atoms with van der Waals surface area (Å²) in [6, 6.07) is 27.1. The van der Waals surface area contributed by atoms with E-state index in [2.05, 4.69) is 17.2 Å². The molecule has 0 aliphatic rings. The molecule has 0 saturated carbocycles.